The fraction of sp³-hybridized carbons (Fsp3) is 0.467. The van der Waals surface area contributed by atoms with Gasteiger partial charge in [0.1, 0.15) is 6.33 Å². The highest BCUT2D eigenvalue weighted by Gasteiger charge is 2.13. The molecule has 0 aliphatic heterocycles. The van der Waals surface area contributed by atoms with Crippen LogP contribution < -0.4 is 15.4 Å². The quantitative estimate of drug-likeness (QED) is 0.843. The number of carbonyl (C=O) groups excluding carboxylic acids is 1. The normalized spacial score (nSPS) is 12.0. The van der Waals surface area contributed by atoms with Gasteiger partial charge in [-0.15, -0.1) is 10.2 Å². The maximum atomic E-state index is 11.9. The number of hydrogen-bond donors (Lipinski definition) is 2. The van der Waals surface area contributed by atoms with Gasteiger partial charge in [-0.2, -0.15) is 0 Å². The average Bonchev–Trinajstić information content (AvgIpc) is 2.92. The number of pyridine rings is 1. The van der Waals surface area contributed by atoms with Crippen LogP contribution in [-0.4, -0.2) is 31.9 Å². The summed E-state index contributed by atoms with van der Waals surface area (Å²) < 4.78 is 7.24. The van der Waals surface area contributed by atoms with Crippen molar-refractivity contribution in [2.24, 2.45) is 7.05 Å². The number of carbonyl (C=O) groups is 1. The predicted octanol–water partition coefficient (Wildman–Crippen LogP) is 1.56. The average molecular weight is 318 g/mol. The van der Waals surface area contributed by atoms with Crippen molar-refractivity contribution in [1.29, 1.82) is 0 Å². The molecule has 23 heavy (non-hydrogen) atoms. The zero-order valence-corrected chi connectivity index (χ0v) is 13.8. The molecule has 0 aromatic carbocycles. The maximum absolute atomic E-state index is 11.9. The minimum absolute atomic E-state index is 0.0827. The zero-order chi connectivity index (χ0) is 16.8. The molecular weight excluding hydrogens is 296 g/mol. The van der Waals surface area contributed by atoms with Crippen molar-refractivity contribution >= 4 is 6.03 Å². The van der Waals surface area contributed by atoms with Crippen LogP contribution in [0.4, 0.5) is 4.79 Å². The molecule has 8 nitrogen and oxygen atoms in total. The third kappa shape index (κ3) is 4.94. The molecule has 2 amide bonds. The van der Waals surface area contributed by atoms with Crippen LogP contribution in [-0.2, 0) is 13.6 Å². The number of aromatic nitrogens is 4. The molecule has 0 saturated carbocycles. The highest BCUT2D eigenvalue weighted by molar-refractivity contribution is 5.74. The summed E-state index contributed by atoms with van der Waals surface area (Å²) in [6.45, 7) is 6.12. The topological polar surface area (TPSA) is 94.0 Å². The van der Waals surface area contributed by atoms with E-state index in [9.17, 15) is 4.79 Å². The van der Waals surface area contributed by atoms with E-state index < -0.39 is 0 Å². The lowest BCUT2D eigenvalue weighted by Crippen LogP contribution is -2.37. The number of amides is 2. The largest absolute Gasteiger partial charge is 0.475 e. The van der Waals surface area contributed by atoms with Crippen LogP contribution in [0.25, 0.3) is 0 Å². The Bertz CT molecular complexity index is 638. The minimum atomic E-state index is -0.275. The second kappa shape index (κ2) is 7.57. The number of nitrogens with zero attached hydrogens (tertiary/aromatic N) is 4. The van der Waals surface area contributed by atoms with Crippen molar-refractivity contribution in [2.45, 2.75) is 39.5 Å². The number of urea groups is 1. The van der Waals surface area contributed by atoms with E-state index in [0.717, 1.165) is 5.56 Å². The maximum Gasteiger partial charge on any atom is 0.315 e. The molecule has 2 heterocycles. The van der Waals surface area contributed by atoms with Gasteiger partial charge in [0.15, 0.2) is 5.82 Å². The van der Waals surface area contributed by atoms with Crippen LogP contribution in [0.1, 0.15) is 38.2 Å². The van der Waals surface area contributed by atoms with E-state index in [4.69, 9.17) is 4.74 Å². The monoisotopic (exact) mass is 318 g/mol. The lowest BCUT2D eigenvalue weighted by atomic mass is 10.3. The first-order chi connectivity index (χ1) is 11.0. The van der Waals surface area contributed by atoms with Gasteiger partial charge in [-0.1, -0.05) is 6.07 Å². The van der Waals surface area contributed by atoms with Gasteiger partial charge >= 0.3 is 6.03 Å². The smallest absolute Gasteiger partial charge is 0.315 e. The van der Waals surface area contributed by atoms with Crippen molar-refractivity contribution < 1.29 is 9.53 Å². The van der Waals surface area contributed by atoms with Crippen molar-refractivity contribution in [3.8, 4) is 5.88 Å². The fourth-order valence-electron chi connectivity index (χ4n) is 2.01. The van der Waals surface area contributed by atoms with Crippen molar-refractivity contribution in [2.75, 3.05) is 0 Å². The Morgan fingerprint density at radius 1 is 1.35 bits per heavy atom. The van der Waals surface area contributed by atoms with Crippen LogP contribution in [0.5, 0.6) is 5.88 Å². The van der Waals surface area contributed by atoms with Crippen LogP contribution in [0.3, 0.4) is 0 Å². The molecule has 2 aromatic rings. The molecule has 8 heteroatoms. The van der Waals surface area contributed by atoms with Crippen molar-refractivity contribution in [3.63, 3.8) is 0 Å². The van der Waals surface area contributed by atoms with Gasteiger partial charge in [-0.25, -0.2) is 9.78 Å². The first-order valence-corrected chi connectivity index (χ1v) is 7.45. The predicted molar refractivity (Wildman–Crippen MR) is 84.8 cm³/mol. The minimum Gasteiger partial charge on any atom is -0.475 e. The highest BCUT2D eigenvalue weighted by atomic mass is 16.5. The van der Waals surface area contributed by atoms with Crippen molar-refractivity contribution in [1.82, 2.24) is 30.4 Å². The fourth-order valence-corrected chi connectivity index (χ4v) is 2.01. The second-order valence-electron chi connectivity index (χ2n) is 5.52. The van der Waals surface area contributed by atoms with Crippen LogP contribution >= 0.6 is 0 Å². The van der Waals surface area contributed by atoms with Gasteiger partial charge in [0.2, 0.25) is 5.88 Å². The van der Waals surface area contributed by atoms with E-state index in [1.807, 2.05) is 33.9 Å². The molecule has 0 aliphatic carbocycles. The molecule has 0 radical (unpaired) electrons. The summed E-state index contributed by atoms with van der Waals surface area (Å²) in [5.74, 6) is 1.26. The summed E-state index contributed by atoms with van der Waals surface area (Å²) in [6, 6.07) is 3.15. The molecule has 0 saturated heterocycles. The summed E-state index contributed by atoms with van der Waals surface area (Å²) in [7, 11) is 1.83. The molecule has 1 atom stereocenters. The molecule has 124 valence electrons. The lowest BCUT2D eigenvalue weighted by Gasteiger charge is -2.14. The van der Waals surface area contributed by atoms with Crippen molar-refractivity contribution in [3.05, 3.63) is 36.0 Å². The molecule has 0 fully saturated rings. The Hall–Kier alpha value is -2.64. The first kappa shape index (κ1) is 16.7. The van der Waals surface area contributed by atoms with Crippen LogP contribution in [0.2, 0.25) is 0 Å². The Kier molecular flexibility index (Phi) is 5.51. The standard InChI is InChI=1S/C15H22N6O2/c1-10(2)23-13-6-5-12(7-16-13)8-17-15(22)19-11(3)14-20-18-9-21(14)4/h5-7,9-11H,8H2,1-4H3,(H2,17,19,22). The molecular formula is C15H22N6O2. The Morgan fingerprint density at radius 3 is 2.70 bits per heavy atom. The highest BCUT2D eigenvalue weighted by Crippen LogP contribution is 2.10. The van der Waals surface area contributed by atoms with E-state index in [-0.39, 0.29) is 18.2 Å². The number of aryl methyl sites for hydroxylation is 1. The first-order valence-electron chi connectivity index (χ1n) is 7.45. The van der Waals surface area contributed by atoms with Gasteiger partial charge < -0.3 is 19.9 Å². The summed E-state index contributed by atoms with van der Waals surface area (Å²) in [5, 5.41) is 13.4. The van der Waals surface area contributed by atoms with E-state index in [1.165, 1.54) is 0 Å². The third-order valence-electron chi connectivity index (χ3n) is 3.09. The van der Waals surface area contributed by atoms with E-state index >= 15 is 0 Å². The number of nitrogens with one attached hydrogen (secondary N) is 2. The van der Waals surface area contributed by atoms with Gasteiger partial charge in [-0.05, 0) is 26.3 Å². The Morgan fingerprint density at radius 2 is 2.13 bits per heavy atom. The molecule has 2 aromatic heterocycles. The number of ether oxygens (including phenoxy) is 1. The van der Waals surface area contributed by atoms with Crippen LogP contribution in [0, 0.1) is 0 Å². The van der Waals surface area contributed by atoms with E-state index in [2.05, 4.69) is 25.8 Å². The molecule has 2 rings (SSSR count). The summed E-state index contributed by atoms with van der Waals surface area (Å²) in [4.78, 5) is 16.1. The lowest BCUT2D eigenvalue weighted by molar-refractivity contribution is 0.232. The second-order valence-corrected chi connectivity index (χ2v) is 5.52. The van der Waals surface area contributed by atoms with Gasteiger partial charge in [0.05, 0.1) is 12.1 Å². The van der Waals surface area contributed by atoms with E-state index in [1.54, 1.807) is 23.2 Å². The number of rotatable bonds is 6. The van der Waals surface area contributed by atoms with Gasteiger partial charge in [0.25, 0.3) is 0 Å². The van der Waals surface area contributed by atoms with Crippen LogP contribution in [0.15, 0.2) is 24.7 Å². The zero-order valence-electron chi connectivity index (χ0n) is 13.8. The van der Waals surface area contributed by atoms with Gasteiger partial charge in [0, 0.05) is 25.9 Å². The molecule has 1 unspecified atom stereocenters. The Balaban J connectivity index is 1.81. The third-order valence-corrected chi connectivity index (χ3v) is 3.09. The number of hydrogen-bond acceptors (Lipinski definition) is 5. The molecule has 0 aliphatic rings. The molecule has 2 N–H and O–H groups in total. The molecule has 0 bridgehead atoms. The Labute approximate surface area is 135 Å². The SMILES string of the molecule is CC(C)Oc1ccc(CNC(=O)NC(C)c2nncn2C)cn1. The van der Waals surface area contributed by atoms with E-state index in [0.29, 0.717) is 18.2 Å². The van der Waals surface area contributed by atoms with Gasteiger partial charge in [-0.3, -0.25) is 0 Å². The summed E-state index contributed by atoms with van der Waals surface area (Å²) in [6.07, 6.45) is 3.36. The summed E-state index contributed by atoms with van der Waals surface area (Å²) >= 11 is 0. The molecule has 0 spiro atoms. The summed E-state index contributed by atoms with van der Waals surface area (Å²) in [5.41, 5.74) is 0.891.